The van der Waals surface area contributed by atoms with Gasteiger partial charge >= 0.3 is 11.7 Å². The molecule has 15 heteroatoms. The normalized spacial score (nSPS) is 20.2. The number of amidine groups is 1. The lowest BCUT2D eigenvalue weighted by Crippen LogP contribution is -2.51. The third-order valence-electron chi connectivity index (χ3n) is 8.35. The van der Waals surface area contributed by atoms with E-state index < -0.39 is 21.6 Å². The fraction of sp³-hybridized carbons (Fsp3) is 0.310. The number of pyridine rings is 1. The summed E-state index contributed by atoms with van der Waals surface area (Å²) in [6.45, 7) is 0. The first-order valence-corrected chi connectivity index (χ1v) is 15.8. The van der Waals surface area contributed by atoms with Gasteiger partial charge in [0.15, 0.2) is 15.5 Å². The zero-order valence-corrected chi connectivity index (χ0v) is 24.8. The number of nitrogens with two attached hydrogens (primary N) is 3. The van der Waals surface area contributed by atoms with Crippen LogP contribution >= 0.6 is 0 Å². The smallest absolute Gasteiger partial charge is 0.316 e. The minimum Gasteiger partial charge on any atom is -0.497 e. The first-order valence-electron chi connectivity index (χ1n) is 13.9. The van der Waals surface area contributed by atoms with Gasteiger partial charge in [-0.15, -0.1) is 0 Å². The lowest BCUT2D eigenvalue weighted by molar-refractivity contribution is -0.128. The Bertz CT molecular complexity index is 1930. The van der Waals surface area contributed by atoms with Gasteiger partial charge in [-0.3, -0.25) is 15.2 Å². The highest BCUT2D eigenvalue weighted by Crippen LogP contribution is 2.45. The molecule has 2 unspecified atom stereocenters. The molecule has 2 aliphatic heterocycles. The molecule has 2 bridgehead atoms. The Morgan fingerprint density at radius 2 is 1.89 bits per heavy atom. The summed E-state index contributed by atoms with van der Waals surface area (Å²) >= 11 is 0. The van der Waals surface area contributed by atoms with E-state index in [1.165, 1.54) is 17.7 Å². The van der Waals surface area contributed by atoms with Crippen LogP contribution in [0.25, 0.3) is 28.0 Å². The fourth-order valence-electron chi connectivity index (χ4n) is 6.42. The highest BCUT2D eigenvalue weighted by Gasteiger charge is 2.46. The standard InChI is InChI=1S/C29H30FN9O4S/c1-43-19-6-7-20(22(30)11-19)23-8-3-15(12-34-23)21-13-36-39-27(33)25(44(2,41)42)24(37-28(21)39)16-9-17-4-5-18(10-16)38(17)29(40)26(32)35-14-31/h3,6-8,11-14,16-18H,4-5,9-10,33H2,1-2H3,(H3,31,32,35)/p+1. The quantitative estimate of drug-likeness (QED) is 0.208. The predicted octanol–water partition coefficient (Wildman–Crippen LogP) is 0.973. The number of amides is 1. The van der Waals surface area contributed by atoms with Crippen LogP contribution in [0.5, 0.6) is 5.75 Å². The van der Waals surface area contributed by atoms with E-state index in [1.807, 2.05) is 0 Å². The topological polar surface area (TPSA) is 197 Å². The van der Waals surface area contributed by atoms with Crippen molar-refractivity contribution in [3.05, 3.63) is 54.2 Å². The van der Waals surface area contributed by atoms with E-state index in [9.17, 15) is 17.6 Å². The van der Waals surface area contributed by atoms with Crippen LogP contribution in [0.3, 0.4) is 0 Å². The number of hydrogen-bond acceptors (Lipinski definition) is 8. The van der Waals surface area contributed by atoms with Crippen molar-refractivity contribution in [2.75, 3.05) is 19.1 Å². The molecule has 6 rings (SSSR count). The van der Waals surface area contributed by atoms with E-state index in [-0.39, 0.29) is 34.6 Å². The lowest BCUT2D eigenvalue weighted by Gasteiger charge is -2.38. The summed E-state index contributed by atoms with van der Waals surface area (Å²) in [5.41, 5.74) is 15.0. The number of nitrogen functional groups attached to an aromatic ring is 1. The third kappa shape index (κ3) is 4.92. The molecule has 2 saturated heterocycles. The lowest BCUT2D eigenvalue weighted by atomic mass is 9.87. The van der Waals surface area contributed by atoms with Gasteiger partial charge in [-0.2, -0.15) is 9.61 Å². The molecule has 0 saturated carbocycles. The van der Waals surface area contributed by atoms with Crippen LogP contribution < -0.4 is 21.6 Å². The molecule has 13 nitrogen and oxygen atoms in total. The number of carbonyl (C=O) groups is 1. The number of carbonyl (C=O) groups excluding carboxylic acids is 1. The number of fused-ring (bicyclic) bond motifs is 3. The Balaban J connectivity index is 1.39. The van der Waals surface area contributed by atoms with Gasteiger partial charge in [0.05, 0.1) is 24.7 Å². The van der Waals surface area contributed by atoms with Gasteiger partial charge < -0.3 is 21.1 Å². The van der Waals surface area contributed by atoms with Crippen LogP contribution in [0.1, 0.15) is 37.3 Å². The number of rotatable bonds is 6. The maximum absolute atomic E-state index is 14.7. The highest BCUT2D eigenvalue weighted by molar-refractivity contribution is 7.91. The summed E-state index contributed by atoms with van der Waals surface area (Å²) in [6, 6.07) is 7.63. The van der Waals surface area contributed by atoms with Gasteiger partial charge in [-0.25, -0.2) is 17.8 Å². The molecule has 44 heavy (non-hydrogen) atoms. The second-order valence-corrected chi connectivity index (χ2v) is 12.9. The van der Waals surface area contributed by atoms with Gasteiger partial charge in [0.1, 0.15) is 22.3 Å². The van der Waals surface area contributed by atoms with Crippen molar-refractivity contribution in [2.24, 2.45) is 10.7 Å². The molecule has 2 atom stereocenters. The molecular formula is C29H31FN9O4S+. The average molecular weight is 621 g/mol. The minimum atomic E-state index is -3.81. The number of hydrogen-bond donors (Lipinski definition) is 3. The Morgan fingerprint density at radius 1 is 1.16 bits per heavy atom. The molecule has 228 valence electrons. The van der Waals surface area contributed by atoms with E-state index >= 15 is 0 Å². The summed E-state index contributed by atoms with van der Waals surface area (Å²) < 4.78 is 47.2. The summed E-state index contributed by atoms with van der Waals surface area (Å²) in [6.07, 6.45) is 7.61. The van der Waals surface area contributed by atoms with Crippen LogP contribution in [-0.2, 0) is 14.6 Å². The fourth-order valence-corrected chi connectivity index (χ4v) is 7.48. The number of nitrogens with zero attached hydrogens (tertiary/aromatic N) is 6. The Labute approximate surface area is 252 Å². The second-order valence-electron chi connectivity index (χ2n) is 11.0. The summed E-state index contributed by atoms with van der Waals surface area (Å²) in [5, 5.41) is 9.67. The largest absolute Gasteiger partial charge is 0.497 e. The number of ether oxygens (including phenoxy) is 1. The molecule has 6 N–H and O–H groups in total. The van der Waals surface area contributed by atoms with Crippen molar-refractivity contribution in [2.45, 2.75) is 48.6 Å². The van der Waals surface area contributed by atoms with Crippen LogP contribution in [0.4, 0.5) is 10.2 Å². The SMILES string of the molecule is COc1ccc(-c2ccc(-c3cnn4c(N)c(S(C)(=O)=O)c(C5CC6CCC(C5)N6C(=O)C(N)=NC=[NH2+])nc34)cn2)c(F)c1. The highest BCUT2D eigenvalue weighted by atomic mass is 32.2. The molecule has 3 aromatic heterocycles. The number of methoxy groups -OCH3 is 1. The Kier molecular flexibility index (Phi) is 7.27. The van der Waals surface area contributed by atoms with Gasteiger partial charge in [0.25, 0.3) is 6.34 Å². The monoisotopic (exact) mass is 620 g/mol. The molecule has 2 aliphatic rings. The molecule has 4 aromatic rings. The molecular weight excluding hydrogens is 589 g/mol. The van der Waals surface area contributed by atoms with Crippen molar-refractivity contribution in [1.29, 1.82) is 0 Å². The van der Waals surface area contributed by atoms with Gasteiger partial charge in [-0.05, 0) is 48.9 Å². The predicted molar refractivity (Wildman–Crippen MR) is 161 cm³/mol. The number of sulfone groups is 1. The maximum Gasteiger partial charge on any atom is 0.316 e. The van der Waals surface area contributed by atoms with E-state index in [0.717, 1.165) is 25.4 Å². The Hall–Kier alpha value is -4.92. The van der Waals surface area contributed by atoms with Crippen LogP contribution in [0.15, 0.2) is 52.6 Å². The Morgan fingerprint density at radius 3 is 2.48 bits per heavy atom. The summed E-state index contributed by atoms with van der Waals surface area (Å²) in [4.78, 5) is 27.7. The van der Waals surface area contributed by atoms with Crippen molar-refractivity contribution in [3.8, 4) is 28.1 Å². The van der Waals surface area contributed by atoms with E-state index in [0.29, 0.717) is 52.3 Å². The summed E-state index contributed by atoms with van der Waals surface area (Å²) in [7, 11) is -2.35. The minimum absolute atomic E-state index is 0.0515. The van der Waals surface area contributed by atoms with E-state index in [4.69, 9.17) is 26.6 Å². The molecule has 1 aromatic carbocycles. The van der Waals surface area contributed by atoms with E-state index in [1.54, 1.807) is 41.6 Å². The van der Waals surface area contributed by atoms with Gasteiger partial charge in [-0.1, -0.05) is 6.07 Å². The maximum atomic E-state index is 14.7. The van der Waals surface area contributed by atoms with Gasteiger partial charge in [0, 0.05) is 53.2 Å². The first kappa shape index (κ1) is 29.2. The molecule has 5 heterocycles. The zero-order valence-electron chi connectivity index (χ0n) is 24.0. The van der Waals surface area contributed by atoms with Crippen molar-refractivity contribution in [1.82, 2.24) is 24.5 Å². The zero-order chi connectivity index (χ0) is 31.3. The molecule has 0 radical (unpaired) electrons. The molecule has 0 aliphatic carbocycles. The number of piperidine rings is 1. The average Bonchev–Trinajstić information content (AvgIpc) is 3.54. The van der Waals surface area contributed by atoms with Crippen molar-refractivity contribution >= 4 is 39.4 Å². The number of aliphatic imine (C=N–C) groups is 1. The molecule has 0 spiro atoms. The first-order chi connectivity index (χ1) is 21.0. The van der Waals surface area contributed by atoms with E-state index in [2.05, 4.69) is 15.1 Å². The third-order valence-corrected chi connectivity index (χ3v) is 9.51. The van der Waals surface area contributed by atoms with Crippen molar-refractivity contribution < 1.29 is 27.7 Å². The van der Waals surface area contributed by atoms with Crippen LogP contribution in [-0.4, -0.2) is 76.4 Å². The van der Waals surface area contributed by atoms with Gasteiger partial charge in [0.2, 0.25) is 0 Å². The molecule has 2 fully saturated rings. The van der Waals surface area contributed by atoms with Crippen molar-refractivity contribution in [3.63, 3.8) is 0 Å². The number of halogens is 1. The van der Waals surface area contributed by atoms with Crippen LogP contribution in [0, 0.1) is 5.82 Å². The number of benzene rings is 1. The summed E-state index contributed by atoms with van der Waals surface area (Å²) in [5.74, 6) is -1.01. The number of anilines is 1. The number of aromatic nitrogens is 4. The second kappa shape index (κ2) is 11.0. The van der Waals surface area contributed by atoms with Crippen LogP contribution in [0.2, 0.25) is 0 Å². The molecule has 1 amide bonds.